The monoisotopic (exact) mass is 547 g/mol. The number of benzene rings is 3. The molecule has 206 valence electrons. The maximum absolute atomic E-state index is 13.3. The van der Waals surface area contributed by atoms with Crippen LogP contribution in [-0.2, 0) is 0 Å². The molecule has 41 heavy (non-hydrogen) atoms. The number of rotatable bonds is 6. The molecule has 3 aromatic carbocycles. The van der Waals surface area contributed by atoms with Gasteiger partial charge in [0.15, 0.2) is 5.82 Å². The molecule has 1 saturated heterocycles. The lowest BCUT2D eigenvalue weighted by molar-refractivity contribution is 0.0708. The molecule has 0 saturated carbocycles. The number of nitrogens with two attached hydrogens (primary N) is 1. The summed E-state index contributed by atoms with van der Waals surface area (Å²) >= 11 is 0. The van der Waals surface area contributed by atoms with Gasteiger partial charge in [0.25, 0.3) is 11.8 Å². The quantitative estimate of drug-likeness (QED) is 0.314. The van der Waals surface area contributed by atoms with Crippen molar-refractivity contribution in [3.63, 3.8) is 0 Å². The number of nitriles is 1. The van der Waals surface area contributed by atoms with E-state index < -0.39 is 5.91 Å². The van der Waals surface area contributed by atoms with Crippen LogP contribution in [0.1, 0.15) is 39.1 Å². The summed E-state index contributed by atoms with van der Waals surface area (Å²) in [6.45, 7) is 1.12. The van der Waals surface area contributed by atoms with Crippen molar-refractivity contribution in [2.45, 2.75) is 18.9 Å². The molecule has 1 aromatic heterocycles. The number of phenols is 1. The number of carbonyl (C=O) groups is 2. The van der Waals surface area contributed by atoms with Crippen LogP contribution in [0.4, 0.5) is 5.82 Å². The van der Waals surface area contributed by atoms with Crippen LogP contribution in [0.15, 0.2) is 78.9 Å². The van der Waals surface area contributed by atoms with Crippen LogP contribution in [-0.4, -0.2) is 53.0 Å². The van der Waals surface area contributed by atoms with Crippen LogP contribution in [0.2, 0.25) is 0 Å². The lowest BCUT2D eigenvalue weighted by atomic mass is 9.96. The molecule has 0 aliphatic carbocycles. The average molecular weight is 548 g/mol. The summed E-state index contributed by atoms with van der Waals surface area (Å²) in [6, 6.07) is 24.0. The summed E-state index contributed by atoms with van der Waals surface area (Å²) in [5.41, 5.74) is 8.85. The number of piperidine rings is 1. The minimum absolute atomic E-state index is 0.00606. The van der Waals surface area contributed by atoms with Crippen molar-refractivity contribution >= 4 is 17.6 Å². The number of phenolic OH excluding ortho intramolecular Hbond substituents is 1. The Morgan fingerprint density at radius 1 is 1.05 bits per heavy atom. The number of pyridine rings is 1. The predicted molar refractivity (Wildman–Crippen MR) is 156 cm³/mol. The second-order valence-corrected chi connectivity index (χ2v) is 9.82. The molecule has 1 aliphatic rings. The second-order valence-electron chi connectivity index (χ2n) is 9.82. The molecule has 1 unspecified atom stereocenters. The first-order chi connectivity index (χ1) is 19.9. The molecule has 1 aliphatic heterocycles. The Morgan fingerprint density at radius 3 is 2.54 bits per heavy atom. The molecule has 0 radical (unpaired) electrons. The molecule has 2 heterocycles. The standard InChI is InChI=1S/C32H29N5O4/c1-41-24-13-11-20(12-14-24)31(39)36-30-27(18-33)26(17-28(35-30)25-9-2-3-10-29(25)38)21-6-4-7-22(16-21)32(40)37-15-5-8-23(34)19-37/h2-4,6-7,9-14,16-17,23,38H,5,8,15,19,34H2,1H3,(H,35,36,39). The van der Waals surface area contributed by atoms with Gasteiger partial charge in [-0.25, -0.2) is 4.98 Å². The molecular weight excluding hydrogens is 518 g/mol. The summed E-state index contributed by atoms with van der Waals surface area (Å²) in [4.78, 5) is 32.8. The van der Waals surface area contributed by atoms with Gasteiger partial charge in [-0.2, -0.15) is 5.26 Å². The van der Waals surface area contributed by atoms with E-state index in [1.807, 2.05) is 0 Å². The van der Waals surface area contributed by atoms with E-state index in [2.05, 4.69) is 16.4 Å². The largest absolute Gasteiger partial charge is 0.507 e. The molecule has 0 bridgehead atoms. The first-order valence-corrected chi connectivity index (χ1v) is 13.2. The van der Waals surface area contributed by atoms with Crippen molar-refractivity contribution in [1.29, 1.82) is 5.26 Å². The molecule has 4 N–H and O–H groups in total. The highest BCUT2D eigenvalue weighted by molar-refractivity contribution is 6.05. The topological polar surface area (TPSA) is 142 Å². The molecule has 1 atom stereocenters. The number of hydrogen-bond donors (Lipinski definition) is 3. The van der Waals surface area contributed by atoms with E-state index in [0.717, 1.165) is 12.8 Å². The van der Waals surface area contributed by atoms with E-state index in [0.29, 0.717) is 52.4 Å². The van der Waals surface area contributed by atoms with Crippen molar-refractivity contribution in [3.05, 3.63) is 95.6 Å². The number of ether oxygens (including phenoxy) is 1. The SMILES string of the molecule is COc1ccc(C(=O)Nc2nc(-c3ccccc3O)cc(-c3cccc(C(=O)N4CCCC(N)C4)c3)c2C#N)cc1. The van der Waals surface area contributed by atoms with Gasteiger partial charge in [0.1, 0.15) is 23.1 Å². The number of aromatic hydroxyl groups is 1. The lowest BCUT2D eigenvalue weighted by Gasteiger charge is -2.31. The number of carbonyl (C=O) groups excluding carboxylic acids is 2. The molecule has 9 nitrogen and oxygen atoms in total. The summed E-state index contributed by atoms with van der Waals surface area (Å²) < 4.78 is 5.17. The number of hydrogen-bond acceptors (Lipinski definition) is 7. The van der Waals surface area contributed by atoms with Crippen molar-refractivity contribution in [3.8, 4) is 40.0 Å². The number of para-hydroxylation sites is 1. The molecular formula is C32H29N5O4. The zero-order valence-electron chi connectivity index (χ0n) is 22.5. The molecule has 4 aromatic rings. The van der Waals surface area contributed by atoms with Gasteiger partial charge in [0.05, 0.1) is 12.8 Å². The first kappa shape index (κ1) is 27.4. The Hall–Kier alpha value is -5.20. The van der Waals surface area contributed by atoms with Crippen molar-refractivity contribution in [2.24, 2.45) is 5.73 Å². The summed E-state index contributed by atoms with van der Waals surface area (Å²) in [7, 11) is 1.54. The predicted octanol–water partition coefficient (Wildman–Crippen LogP) is 4.82. The maximum Gasteiger partial charge on any atom is 0.256 e. The summed E-state index contributed by atoms with van der Waals surface area (Å²) in [5, 5.41) is 23.6. The highest BCUT2D eigenvalue weighted by Gasteiger charge is 2.24. The van der Waals surface area contributed by atoms with Crippen molar-refractivity contribution < 1.29 is 19.4 Å². The molecule has 5 rings (SSSR count). The van der Waals surface area contributed by atoms with Gasteiger partial charge in [-0.1, -0.05) is 24.3 Å². The number of amides is 2. The van der Waals surface area contributed by atoms with Crippen molar-refractivity contribution in [2.75, 3.05) is 25.5 Å². The number of likely N-dealkylation sites (tertiary alicyclic amines) is 1. The summed E-state index contributed by atoms with van der Waals surface area (Å²) in [6.07, 6.45) is 1.73. The first-order valence-electron chi connectivity index (χ1n) is 13.2. The molecule has 0 spiro atoms. The Morgan fingerprint density at radius 2 is 1.83 bits per heavy atom. The fourth-order valence-electron chi connectivity index (χ4n) is 4.92. The van der Waals surface area contributed by atoms with Crippen molar-refractivity contribution in [1.82, 2.24) is 9.88 Å². The van der Waals surface area contributed by atoms with E-state index in [9.17, 15) is 20.0 Å². The molecule has 2 amide bonds. The number of nitrogens with one attached hydrogen (secondary N) is 1. The van der Waals surface area contributed by atoms with E-state index in [4.69, 9.17) is 10.5 Å². The number of anilines is 1. The third-order valence-corrected chi connectivity index (χ3v) is 7.06. The molecule has 1 fully saturated rings. The fraction of sp³-hybridized carbons (Fsp3) is 0.188. The number of methoxy groups -OCH3 is 1. The van der Waals surface area contributed by atoms with Crippen LogP contribution < -0.4 is 15.8 Å². The minimum atomic E-state index is -0.470. The van der Waals surface area contributed by atoms with Gasteiger partial charge in [-0.15, -0.1) is 0 Å². The van der Waals surface area contributed by atoms with Crippen LogP contribution in [0.3, 0.4) is 0 Å². The normalized spacial score (nSPS) is 14.7. The van der Waals surface area contributed by atoms with E-state index in [-0.39, 0.29) is 29.1 Å². The van der Waals surface area contributed by atoms with Crippen LogP contribution in [0.5, 0.6) is 11.5 Å². The van der Waals surface area contributed by atoms with E-state index >= 15 is 0 Å². The van der Waals surface area contributed by atoms with Crippen LogP contribution in [0, 0.1) is 11.3 Å². The van der Waals surface area contributed by atoms with E-state index in [1.165, 1.54) is 13.2 Å². The third-order valence-electron chi connectivity index (χ3n) is 7.06. The van der Waals surface area contributed by atoms with Gasteiger partial charge < -0.3 is 25.8 Å². The van der Waals surface area contributed by atoms with Gasteiger partial charge >= 0.3 is 0 Å². The van der Waals surface area contributed by atoms with Crippen LogP contribution >= 0.6 is 0 Å². The van der Waals surface area contributed by atoms with Gasteiger partial charge in [-0.05, 0) is 73.0 Å². The fourth-order valence-corrected chi connectivity index (χ4v) is 4.92. The Kier molecular flexibility index (Phi) is 7.94. The number of nitrogens with zero attached hydrogens (tertiary/aromatic N) is 3. The Bertz CT molecular complexity index is 1650. The van der Waals surface area contributed by atoms with Gasteiger partial charge in [0.2, 0.25) is 0 Å². The number of aromatic nitrogens is 1. The highest BCUT2D eigenvalue weighted by atomic mass is 16.5. The smallest absolute Gasteiger partial charge is 0.256 e. The molecule has 9 heteroatoms. The minimum Gasteiger partial charge on any atom is -0.507 e. The van der Waals surface area contributed by atoms with Gasteiger partial charge in [-0.3, -0.25) is 9.59 Å². The Balaban J connectivity index is 1.59. The highest BCUT2D eigenvalue weighted by Crippen LogP contribution is 2.36. The lowest BCUT2D eigenvalue weighted by Crippen LogP contribution is -2.45. The zero-order chi connectivity index (χ0) is 28.9. The Labute approximate surface area is 237 Å². The van der Waals surface area contributed by atoms with E-state index in [1.54, 1.807) is 77.7 Å². The maximum atomic E-state index is 13.3. The second kappa shape index (κ2) is 11.9. The summed E-state index contributed by atoms with van der Waals surface area (Å²) in [5.74, 6) is 0.0179. The third kappa shape index (κ3) is 5.88. The zero-order valence-corrected chi connectivity index (χ0v) is 22.5. The average Bonchev–Trinajstić information content (AvgIpc) is 3.00. The van der Waals surface area contributed by atoms with Gasteiger partial charge in [0, 0.05) is 41.4 Å². The van der Waals surface area contributed by atoms with Crippen LogP contribution in [0.25, 0.3) is 22.4 Å².